The second-order valence-corrected chi connectivity index (χ2v) is 9.25. The Balaban J connectivity index is 2.81. The van der Waals surface area contributed by atoms with Gasteiger partial charge in [0.25, 0.3) is 0 Å². The molecular weight excluding hydrogens is 512 g/mol. The molecule has 200 valence electrons. The number of benzene rings is 1. The van der Waals surface area contributed by atoms with Crippen molar-refractivity contribution in [1.82, 2.24) is 16.0 Å². The molecule has 4 atom stereocenters. The van der Waals surface area contributed by atoms with Gasteiger partial charge in [-0.05, 0) is 49.0 Å². The molecule has 3 amide bonds. The van der Waals surface area contributed by atoms with Crippen molar-refractivity contribution in [2.45, 2.75) is 49.9 Å². The molecule has 0 bridgehead atoms. The van der Waals surface area contributed by atoms with Gasteiger partial charge in [0.05, 0.1) is 6.04 Å². The minimum absolute atomic E-state index is 0.0696. The molecule has 0 saturated heterocycles. The number of carbonyl (C=O) groups excluding carboxylic acids is 3. The normalized spacial score (nSPS) is 14.1. The van der Waals surface area contributed by atoms with E-state index in [2.05, 4.69) is 28.6 Å². The first-order valence-corrected chi connectivity index (χ1v) is 13.0. The number of aliphatic carboxylic acids is 2. The summed E-state index contributed by atoms with van der Waals surface area (Å²) in [7, 11) is 0. The van der Waals surface area contributed by atoms with Gasteiger partial charge >= 0.3 is 11.9 Å². The van der Waals surface area contributed by atoms with E-state index in [9.17, 15) is 34.2 Å². The van der Waals surface area contributed by atoms with E-state index < -0.39 is 60.2 Å². The van der Waals surface area contributed by atoms with Gasteiger partial charge in [-0.3, -0.25) is 19.2 Å². The van der Waals surface area contributed by atoms with Gasteiger partial charge < -0.3 is 37.0 Å². The number of amides is 3. The lowest BCUT2D eigenvalue weighted by molar-refractivity contribution is -0.143. The molecule has 0 heterocycles. The number of aromatic hydroxyl groups is 1. The van der Waals surface area contributed by atoms with E-state index in [1.54, 1.807) is 18.4 Å². The fourth-order valence-corrected chi connectivity index (χ4v) is 3.75. The lowest BCUT2D eigenvalue weighted by Crippen LogP contribution is -2.58. The average Bonchev–Trinajstić information content (AvgIpc) is 2.83. The first kappa shape index (κ1) is 31.1. The maximum Gasteiger partial charge on any atom is 0.326 e. The number of rotatable bonds is 16. The number of phenolic OH excluding ortho intramolecular Hbond substituents is 1. The monoisotopic (exact) mass is 544 g/mol. The summed E-state index contributed by atoms with van der Waals surface area (Å²) in [5.74, 6) is -4.31. The van der Waals surface area contributed by atoms with Crippen molar-refractivity contribution in [1.29, 1.82) is 0 Å². The van der Waals surface area contributed by atoms with Gasteiger partial charge in [-0.25, -0.2) is 4.79 Å². The van der Waals surface area contributed by atoms with Crippen molar-refractivity contribution < 1.29 is 39.3 Å². The molecule has 0 spiro atoms. The molecule has 8 N–H and O–H groups in total. The SMILES string of the molecule is CSCCC(NC(=O)C(CS)NC(=O)C(N)Cc1ccc(O)cc1)C(=O)NC(CCC(=O)O)C(=O)O. The van der Waals surface area contributed by atoms with Gasteiger partial charge in [0.15, 0.2) is 0 Å². The van der Waals surface area contributed by atoms with Crippen LogP contribution in [0.1, 0.15) is 24.8 Å². The van der Waals surface area contributed by atoms with Gasteiger partial charge in [0, 0.05) is 12.2 Å². The molecule has 0 fully saturated rings. The van der Waals surface area contributed by atoms with Gasteiger partial charge in [-0.1, -0.05) is 12.1 Å². The van der Waals surface area contributed by atoms with Crippen molar-refractivity contribution in [3.05, 3.63) is 29.8 Å². The number of carboxylic acid groups (broad SMARTS) is 2. The Bertz CT molecular complexity index is 916. The maximum absolute atomic E-state index is 12.8. The van der Waals surface area contributed by atoms with Crippen LogP contribution in [-0.2, 0) is 30.4 Å². The van der Waals surface area contributed by atoms with Gasteiger partial charge in [-0.2, -0.15) is 24.4 Å². The number of carboxylic acids is 2. The molecule has 0 radical (unpaired) electrons. The molecule has 0 aliphatic rings. The summed E-state index contributed by atoms with van der Waals surface area (Å²) in [6, 6.07) is 1.45. The van der Waals surface area contributed by atoms with E-state index in [4.69, 9.17) is 10.8 Å². The number of thiol groups is 1. The highest BCUT2D eigenvalue weighted by atomic mass is 32.2. The fourth-order valence-electron chi connectivity index (χ4n) is 3.03. The summed E-state index contributed by atoms with van der Waals surface area (Å²) in [5, 5.41) is 34.7. The van der Waals surface area contributed by atoms with E-state index in [1.807, 2.05) is 0 Å². The molecule has 4 unspecified atom stereocenters. The number of phenols is 1. The largest absolute Gasteiger partial charge is 0.508 e. The molecule has 0 aromatic heterocycles. The average molecular weight is 545 g/mol. The van der Waals surface area contributed by atoms with Crippen molar-refractivity contribution in [3.8, 4) is 5.75 Å². The summed E-state index contributed by atoms with van der Waals surface area (Å²) in [5.41, 5.74) is 6.64. The number of thioether (sulfide) groups is 1. The van der Waals surface area contributed by atoms with Crippen molar-refractivity contribution in [2.24, 2.45) is 5.73 Å². The third kappa shape index (κ3) is 11.2. The highest BCUT2D eigenvalue weighted by Crippen LogP contribution is 2.11. The van der Waals surface area contributed by atoms with Crippen LogP contribution < -0.4 is 21.7 Å². The lowest BCUT2D eigenvalue weighted by atomic mass is 10.1. The highest BCUT2D eigenvalue weighted by molar-refractivity contribution is 7.98. The summed E-state index contributed by atoms with van der Waals surface area (Å²) < 4.78 is 0. The zero-order valence-corrected chi connectivity index (χ0v) is 21.4. The van der Waals surface area contributed by atoms with Crippen LogP contribution in [0.4, 0.5) is 0 Å². The van der Waals surface area contributed by atoms with Crippen LogP contribution in [-0.4, -0.2) is 86.9 Å². The predicted octanol–water partition coefficient (Wildman–Crippen LogP) is -0.651. The summed E-state index contributed by atoms with van der Waals surface area (Å²) in [4.78, 5) is 60.3. The van der Waals surface area contributed by atoms with Crippen LogP contribution in [0.5, 0.6) is 5.75 Å². The Morgan fingerprint density at radius 1 is 0.917 bits per heavy atom. The van der Waals surface area contributed by atoms with Crippen LogP contribution >= 0.6 is 24.4 Å². The summed E-state index contributed by atoms with van der Waals surface area (Å²) in [6.45, 7) is 0. The molecule has 14 heteroatoms. The second-order valence-electron chi connectivity index (χ2n) is 7.90. The van der Waals surface area contributed by atoms with Crippen molar-refractivity contribution in [3.63, 3.8) is 0 Å². The Morgan fingerprint density at radius 3 is 2.00 bits per heavy atom. The highest BCUT2D eigenvalue weighted by Gasteiger charge is 2.30. The van der Waals surface area contributed by atoms with Crippen molar-refractivity contribution >= 4 is 54.1 Å². The minimum Gasteiger partial charge on any atom is -0.508 e. The van der Waals surface area contributed by atoms with Crippen LogP contribution in [0.3, 0.4) is 0 Å². The smallest absolute Gasteiger partial charge is 0.326 e. The van der Waals surface area contributed by atoms with Crippen molar-refractivity contribution in [2.75, 3.05) is 17.8 Å². The fraction of sp³-hybridized carbons (Fsp3) is 0.500. The minimum atomic E-state index is -1.44. The predicted molar refractivity (Wildman–Crippen MR) is 137 cm³/mol. The topological polar surface area (TPSA) is 208 Å². The lowest BCUT2D eigenvalue weighted by Gasteiger charge is -2.24. The third-order valence-electron chi connectivity index (χ3n) is 5.05. The van der Waals surface area contributed by atoms with Crippen LogP contribution in [0, 0.1) is 0 Å². The molecule has 0 aliphatic carbocycles. The summed E-state index contributed by atoms with van der Waals surface area (Å²) in [6.07, 6.45) is 1.32. The first-order valence-electron chi connectivity index (χ1n) is 11.0. The number of nitrogens with two attached hydrogens (primary N) is 1. The van der Waals surface area contributed by atoms with E-state index in [-0.39, 0.29) is 30.8 Å². The van der Waals surface area contributed by atoms with Crippen LogP contribution in [0.2, 0.25) is 0 Å². The number of carbonyl (C=O) groups is 5. The molecule has 0 saturated carbocycles. The van der Waals surface area contributed by atoms with E-state index in [0.717, 1.165) is 0 Å². The quantitative estimate of drug-likeness (QED) is 0.123. The summed E-state index contributed by atoms with van der Waals surface area (Å²) >= 11 is 5.50. The Hall–Kier alpha value is -2.97. The van der Waals surface area contributed by atoms with Crippen LogP contribution in [0.15, 0.2) is 24.3 Å². The van der Waals surface area contributed by atoms with Gasteiger partial charge in [0.2, 0.25) is 17.7 Å². The zero-order chi connectivity index (χ0) is 27.3. The molecule has 0 aliphatic heterocycles. The van der Waals surface area contributed by atoms with E-state index in [1.165, 1.54) is 23.9 Å². The zero-order valence-electron chi connectivity index (χ0n) is 19.7. The van der Waals surface area contributed by atoms with Crippen LogP contribution in [0.25, 0.3) is 0 Å². The van der Waals surface area contributed by atoms with E-state index in [0.29, 0.717) is 11.3 Å². The maximum atomic E-state index is 12.8. The number of hydrogen-bond acceptors (Lipinski definition) is 9. The standard InChI is InChI=1S/C22H32N4O8S2/c1-36-9-8-15(20(31)25-16(22(33)34)6-7-18(28)29)24-21(32)17(11-35)26-19(30)14(23)10-12-2-4-13(27)5-3-12/h2-5,14-17,27,35H,6-11,23H2,1H3,(H,24,32)(H,25,31)(H,26,30)(H,28,29)(H,33,34). The molecule has 36 heavy (non-hydrogen) atoms. The molecule has 1 aromatic carbocycles. The number of nitrogens with one attached hydrogen (secondary N) is 3. The van der Waals surface area contributed by atoms with E-state index >= 15 is 0 Å². The Labute approximate surface area is 218 Å². The third-order valence-corrected chi connectivity index (χ3v) is 6.06. The van der Waals surface area contributed by atoms with Gasteiger partial charge in [0.1, 0.15) is 23.9 Å². The number of hydrogen-bond donors (Lipinski definition) is 8. The molecular formula is C22H32N4O8S2. The molecule has 12 nitrogen and oxygen atoms in total. The Kier molecular flexibility index (Phi) is 13.7. The van der Waals surface area contributed by atoms with Gasteiger partial charge in [-0.15, -0.1) is 0 Å². The molecule has 1 aromatic rings. The molecule has 1 rings (SSSR count). The Morgan fingerprint density at radius 2 is 1.47 bits per heavy atom. The first-order chi connectivity index (χ1) is 17.0. The second kappa shape index (κ2) is 15.9.